The number of para-hydroxylation sites is 1. The zero-order valence-electron chi connectivity index (χ0n) is 15.6. The number of rotatable bonds is 3. The second kappa shape index (κ2) is 7.48. The molecule has 150 valence electrons. The Hall–Kier alpha value is -3.35. The summed E-state index contributed by atoms with van der Waals surface area (Å²) >= 11 is 12.4. The van der Waals surface area contributed by atoms with Crippen LogP contribution in [0.15, 0.2) is 65.5 Å². The van der Waals surface area contributed by atoms with Crippen LogP contribution in [0.3, 0.4) is 0 Å². The molecule has 0 fully saturated rings. The molecule has 0 saturated heterocycles. The molecule has 3 aromatic carbocycles. The largest absolute Gasteiger partial charge is 0.478 e. The molecule has 0 aliphatic heterocycles. The van der Waals surface area contributed by atoms with Crippen molar-refractivity contribution in [3.63, 3.8) is 0 Å². The fraction of sp³-hybridized carbons (Fsp3) is 0.0455. The second-order valence-electron chi connectivity index (χ2n) is 6.65. The van der Waals surface area contributed by atoms with Gasteiger partial charge in [-0.15, -0.1) is 0 Å². The number of carboxylic acid groups (broad SMARTS) is 1. The van der Waals surface area contributed by atoms with Gasteiger partial charge in [-0.3, -0.25) is 9.36 Å². The van der Waals surface area contributed by atoms with E-state index in [2.05, 4.69) is 0 Å². The highest BCUT2D eigenvalue weighted by molar-refractivity contribution is 6.40. The number of fused-ring (bicyclic) bond motifs is 1. The number of carbonyl (C=O) groups excluding carboxylic acids is 1. The number of aromatic carboxylic acids is 1. The number of hydrogen-bond donors (Lipinski definition) is 1. The van der Waals surface area contributed by atoms with Gasteiger partial charge in [0.25, 0.3) is 5.91 Å². The molecule has 0 unspecified atom stereocenters. The molecule has 0 atom stereocenters. The van der Waals surface area contributed by atoms with Crippen molar-refractivity contribution >= 4 is 46.1 Å². The average molecular weight is 441 g/mol. The number of benzene rings is 3. The standard InChI is InChI=1S/C22H14Cl2N2O4/c1-12-4-2-7-17-19(12)25(14-10-8-13(9-11-14)21(28)29)22(30)26(17)20(27)18-15(23)5-3-6-16(18)24/h2-11H,1H3,(H,28,29). The Balaban J connectivity index is 2.03. The van der Waals surface area contributed by atoms with Crippen molar-refractivity contribution in [2.75, 3.05) is 0 Å². The molecule has 6 nitrogen and oxygen atoms in total. The first-order valence-electron chi connectivity index (χ1n) is 8.86. The van der Waals surface area contributed by atoms with Crippen LogP contribution in [0.5, 0.6) is 0 Å². The Labute approximate surface area is 180 Å². The molecule has 4 aromatic rings. The molecule has 4 rings (SSSR count). The van der Waals surface area contributed by atoms with Crippen molar-refractivity contribution < 1.29 is 14.7 Å². The summed E-state index contributed by atoms with van der Waals surface area (Å²) in [6.45, 7) is 1.82. The fourth-order valence-corrected chi connectivity index (χ4v) is 3.98. The van der Waals surface area contributed by atoms with Crippen molar-refractivity contribution in [1.82, 2.24) is 9.13 Å². The van der Waals surface area contributed by atoms with Crippen LogP contribution >= 0.6 is 23.2 Å². The van der Waals surface area contributed by atoms with Crippen molar-refractivity contribution in [3.05, 3.63) is 97.9 Å². The Kier molecular flexibility index (Phi) is 4.97. The monoisotopic (exact) mass is 440 g/mol. The maximum Gasteiger partial charge on any atom is 0.340 e. The van der Waals surface area contributed by atoms with Crippen molar-refractivity contribution in [2.24, 2.45) is 0 Å². The first kappa shape index (κ1) is 19.9. The minimum Gasteiger partial charge on any atom is -0.478 e. The lowest BCUT2D eigenvalue weighted by Gasteiger charge is -2.06. The molecule has 0 bridgehead atoms. The highest BCUT2D eigenvalue weighted by atomic mass is 35.5. The normalized spacial score (nSPS) is 11.0. The van der Waals surface area contributed by atoms with E-state index in [0.29, 0.717) is 16.7 Å². The molecule has 1 N–H and O–H groups in total. The van der Waals surface area contributed by atoms with Gasteiger partial charge in [0.1, 0.15) is 0 Å². The maximum absolute atomic E-state index is 13.4. The number of aryl methyl sites for hydroxylation is 1. The van der Waals surface area contributed by atoms with E-state index in [-0.39, 0.29) is 21.2 Å². The predicted octanol–water partition coefficient (Wildman–Crippen LogP) is 4.79. The Morgan fingerprint density at radius 2 is 1.50 bits per heavy atom. The summed E-state index contributed by atoms with van der Waals surface area (Å²) < 4.78 is 2.40. The quantitative estimate of drug-likeness (QED) is 0.496. The molecule has 0 radical (unpaired) electrons. The van der Waals surface area contributed by atoms with Crippen molar-refractivity contribution in [3.8, 4) is 5.69 Å². The molecule has 0 aliphatic carbocycles. The van der Waals surface area contributed by atoms with Crippen LogP contribution in [-0.2, 0) is 0 Å². The molecule has 1 aromatic heterocycles. The summed E-state index contributed by atoms with van der Waals surface area (Å²) in [7, 11) is 0. The summed E-state index contributed by atoms with van der Waals surface area (Å²) in [5.41, 5.74) is 1.63. The number of carboxylic acids is 1. The van der Waals surface area contributed by atoms with E-state index in [1.807, 2.05) is 13.0 Å². The number of aromatic nitrogens is 2. The lowest BCUT2D eigenvalue weighted by molar-refractivity contribution is 0.0696. The fourth-order valence-electron chi connectivity index (χ4n) is 3.42. The molecule has 8 heteroatoms. The van der Waals surface area contributed by atoms with E-state index in [0.717, 1.165) is 10.1 Å². The predicted molar refractivity (Wildman–Crippen MR) is 115 cm³/mol. The van der Waals surface area contributed by atoms with Gasteiger partial charge < -0.3 is 5.11 Å². The Bertz CT molecular complexity index is 1360. The minimum atomic E-state index is -1.07. The number of halogens is 2. The van der Waals surface area contributed by atoms with Gasteiger partial charge in [-0.25, -0.2) is 14.2 Å². The van der Waals surface area contributed by atoms with E-state index in [9.17, 15) is 14.4 Å². The van der Waals surface area contributed by atoms with Crippen LogP contribution in [0, 0.1) is 6.92 Å². The molecule has 0 amide bonds. The SMILES string of the molecule is Cc1cccc2c1n(-c1ccc(C(=O)O)cc1)c(=O)n2C(=O)c1c(Cl)cccc1Cl. The minimum absolute atomic E-state index is 0.0321. The second-order valence-corrected chi connectivity index (χ2v) is 7.46. The average Bonchev–Trinajstić information content (AvgIpc) is 3.01. The maximum atomic E-state index is 13.4. The van der Waals surface area contributed by atoms with Gasteiger partial charge in [-0.05, 0) is 55.0 Å². The van der Waals surface area contributed by atoms with Gasteiger partial charge in [0.05, 0.1) is 37.9 Å². The van der Waals surface area contributed by atoms with Gasteiger partial charge in [0, 0.05) is 0 Å². The third-order valence-corrected chi connectivity index (χ3v) is 5.45. The smallest absolute Gasteiger partial charge is 0.340 e. The summed E-state index contributed by atoms with van der Waals surface area (Å²) in [6, 6.07) is 15.7. The molecule has 0 spiro atoms. The molecule has 0 saturated carbocycles. The lowest BCUT2D eigenvalue weighted by atomic mass is 10.1. The first-order valence-corrected chi connectivity index (χ1v) is 9.62. The van der Waals surface area contributed by atoms with Crippen LogP contribution in [0.1, 0.15) is 26.3 Å². The number of nitrogens with zero attached hydrogens (tertiary/aromatic N) is 2. The molecular formula is C22H14Cl2N2O4. The molecule has 30 heavy (non-hydrogen) atoms. The summed E-state index contributed by atoms with van der Waals surface area (Å²) in [4.78, 5) is 37.9. The van der Waals surface area contributed by atoms with Crippen LogP contribution in [0.2, 0.25) is 10.0 Å². The third-order valence-electron chi connectivity index (χ3n) is 4.82. The van der Waals surface area contributed by atoms with E-state index in [4.69, 9.17) is 28.3 Å². The topological polar surface area (TPSA) is 81.3 Å². The van der Waals surface area contributed by atoms with Gasteiger partial charge in [0.15, 0.2) is 0 Å². The third kappa shape index (κ3) is 3.10. The van der Waals surface area contributed by atoms with Gasteiger partial charge in [-0.2, -0.15) is 0 Å². The zero-order valence-corrected chi connectivity index (χ0v) is 17.1. The highest BCUT2D eigenvalue weighted by Crippen LogP contribution is 2.28. The van der Waals surface area contributed by atoms with Gasteiger partial charge in [-0.1, -0.05) is 41.4 Å². The van der Waals surface area contributed by atoms with Crippen LogP contribution in [0.4, 0.5) is 0 Å². The number of hydrogen-bond acceptors (Lipinski definition) is 3. The molecule has 0 aliphatic rings. The van der Waals surface area contributed by atoms with E-state index < -0.39 is 17.6 Å². The lowest BCUT2D eigenvalue weighted by Crippen LogP contribution is -2.29. The van der Waals surface area contributed by atoms with Gasteiger partial charge in [0.2, 0.25) is 0 Å². The summed E-state index contributed by atoms with van der Waals surface area (Å²) in [6.07, 6.45) is 0. The summed E-state index contributed by atoms with van der Waals surface area (Å²) in [5, 5.41) is 9.40. The van der Waals surface area contributed by atoms with Crippen molar-refractivity contribution in [2.45, 2.75) is 6.92 Å². The first-order chi connectivity index (χ1) is 14.3. The van der Waals surface area contributed by atoms with Crippen LogP contribution < -0.4 is 5.69 Å². The van der Waals surface area contributed by atoms with Crippen molar-refractivity contribution in [1.29, 1.82) is 0 Å². The molecule has 1 heterocycles. The van der Waals surface area contributed by atoms with E-state index in [1.165, 1.54) is 41.0 Å². The summed E-state index contributed by atoms with van der Waals surface area (Å²) in [5.74, 6) is -1.72. The highest BCUT2D eigenvalue weighted by Gasteiger charge is 2.24. The van der Waals surface area contributed by atoms with E-state index in [1.54, 1.807) is 18.2 Å². The van der Waals surface area contributed by atoms with Gasteiger partial charge >= 0.3 is 11.7 Å². The van der Waals surface area contributed by atoms with E-state index >= 15 is 0 Å². The number of carbonyl (C=O) groups is 2. The Morgan fingerprint density at radius 1 is 0.900 bits per heavy atom. The Morgan fingerprint density at radius 3 is 2.10 bits per heavy atom. The zero-order chi connectivity index (χ0) is 21.6. The number of imidazole rings is 1. The molecular weight excluding hydrogens is 427 g/mol. The van der Waals surface area contributed by atoms with Crippen LogP contribution in [-0.4, -0.2) is 26.1 Å². The van der Waals surface area contributed by atoms with Crippen LogP contribution in [0.25, 0.3) is 16.7 Å².